The summed E-state index contributed by atoms with van der Waals surface area (Å²) in [5, 5.41) is 10.1. The van der Waals surface area contributed by atoms with E-state index < -0.39 is 0 Å². The standard InChI is InChI=1S/C15H22N2O3/c1-16-5-3-12(4-6-16)17(2)9-11-7-14-15(8-13(11)18)20-10-19-14/h7-8,12,18H,3-6,9-10H2,1-2H3. The second kappa shape index (κ2) is 5.50. The minimum atomic E-state index is 0.239. The van der Waals surface area contributed by atoms with Crippen LogP contribution in [0.2, 0.25) is 0 Å². The van der Waals surface area contributed by atoms with E-state index in [1.807, 2.05) is 6.07 Å². The first-order valence-corrected chi connectivity index (χ1v) is 7.14. The van der Waals surface area contributed by atoms with Crippen molar-refractivity contribution >= 4 is 0 Å². The predicted molar refractivity (Wildman–Crippen MR) is 76.2 cm³/mol. The first kappa shape index (κ1) is 13.5. The van der Waals surface area contributed by atoms with E-state index in [0.29, 0.717) is 11.8 Å². The third-order valence-electron chi connectivity index (χ3n) is 4.31. The molecular weight excluding hydrogens is 256 g/mol. The number of benzene rings is 1. The normalized spacial score (nSPS) is 19.8. The molecule has 5 nitrogen and oxygen atoms in total. The number of ether oxygens (including phenoxy) is 2. The second-order valence-electron chi connectivity index (χ2n) is 5.78. The van der Waals surface area contributed by atoms with Gasteiger partial charge in [0.1, 0.15) is 5.75 Å². The lowest BCUT2D eigenvalue weighted by molar-refractivity contribution is 0.138. The van der Waals surface area contributed by atoms with Crippen molar-refractivity contribution in [2.75, 3.05) is 34.0 Å². The van der Waals surface area contributed by atoms with Crippen LogP contribution in [-0.2, 0) is 6.54 Å². The summed E-state index contributed by atoms with van der Waals surface area (Å²) in [5.41, 5.74) is 0.899. The van der Waals surface area contributed by atoms with Crippen LogP contribution in [0.1, 0.15) is 18.4 Å². The van der Waals surface area contributed by atoms with Gasteiger partial charge in [0.05, 0.1) is 0 Å². The molecule has 0 saturated carbocycles. The van der Waals surface area contributed by atoms with E-state index in [-0.39, 0.29) is 12.5 Å². The van der Waals surface area contributed by atoms with Gasteiger partial charge in [-0.3, -0.25) is 4.90 Å². The Kier molecular flexibility index (Phi) is 3.72. The van der Waals surface area contributed by atoms with Crippen LogP contribution < -0.4 is 9.47 Å². The van der Waals surface area contributed by atoms with Crippen molar-refractivity contribution in [1.82, 2.24) is 9.80 Å². The van der Waals surface area contributed by atoms with Gasteiger partial charge in [-0.2, -0.15) is 0 Å². The van der Waals surface area contributed by atoms with E-state index in [0.717, 1.165) is 30.9 Å². The van der Waals surface area contributed by atoms with Crippen molar-refractivity contribution in [1.29, 1.82) is 0 Å². The third kappa shape index (κ3) is 2.69. The zero-order valence-electron chi connectivity index (χ0n) is 12.1. The van der Waals surface area contributed by atoms with Crippen molar-refractivity contribution < 1.29 is 14.6 Å². The molecule has 0 bridgehead atoms. The smallest absolute Gasteiger partial charge is 0.231 e. The lowest BCUT2D eigenvalue weighted by atomic mass is 10.0. The molecule has 1 N–H and O–H groups in total. The van der Waals surface area contributed by atoms with Gasteiger partial charge in [-0.1, -0.05) is 0 Å². The summed E-state index contributed by atoms with van der Waals surface area (Å²) >= 11 is 0. The molecule has 1 aromatic rings. The van der Waals surface area contributed by atoms with Crippen LogP contribution in [0.4, 0.5) is 0 Å². The minimum absolute atomic E-state index is 0.239. The van der Waals surface area contributed by atoms with E-state index >= 15 is 0 Å². The van der Waals surface area contributed by atoms with Crippen LogP contribution >= 0.6 is 0 Å². The maximum Gasteiger partial charge on any atom is 0.231 e. The summed E-state index contributed by atoms with van der Waals surface area (Å²) in [6.45, 7) is 3.25. The van der Waals surface area contributed by atoms with Crippen LogP contribution in [0, 0.1) is 0 Å². The third-order valence-corrected chi connectivity index (χ3v) is 4.31. The summed E-state index contributed by atoms with van der Waals surface area (Å²) in [7, 11) is 4.29. The van der Waals surface area contributed by atoms with Gasteiger partial charge in [0.2, 0.25) is 6.79 Å². The topological polar surface area (TPSA) is 45.2 Å². The molecule has 0 amide bonds. The first-order valence-electron chi connectivity index (χ1n) is 7.14. The van der Waals surface area contributed by atoms with Gasteiger partial charge in [0, 0.05) is 24.2 Å². The molecule has 1 fully saturated rings. The van der Waals surface area contributed by atoms with Gasteiger partial charge in [-0.05, 0) is 46.1 Å². The van der Waals surface area contributed by atoms with Crippen LogP contribution in [0.15, 0.2) is 12.1 Å². The van der Waals surface area contributed by atoms with Crippen molar-refractivity contribution in [2.45, 2.75) is 25.4 Å². The Hall–Kier alpha value is -1.46. The average molecular weight is 278 g/mol. The minimum Gasteiger partial charge on any atom is -0.507 e. The number of hydrogen-bond donors (Lipinski definition) is 1. The molecule has 2 aliphatic rings. The van der Waals surface area contributed by atoms with Crippen LogP contribution in [-0.4, -0.2) is 54.9 Å². The molecule has 0 spiro atoms. The Labute approximate surface area is 119 Å². The highest BCUT2D eigenvalue weighted by molar-refractivity contribution is 5.51. The highest BCUT2D eigenvalue weighted by atomic mass is 16.7. The number of nitrogens with zero attached hydrogens (tertiary/aromatic N) is 2. The summed E-state index contributed by atoms with van der Waals surface area (Å²) in [6, 6.07) is 4.12. The highest BCUT2D eigenvalue weighted by Gasteiger charge is 2.23. The van der Waals surface area contributed by atoms with E-state index in [1.54, 1.807) is 6.07 Å². The molecule has 1 saturated heterocycles. The quantitative estimate of drug-likeness (QED) is 0.911. The van der Waals surface area contributed by atoms with Crippen molar-refractivity contribution in [3.05, 3.63) is 17.7 Å². The highest BCUT2D eigenvalue weighted by Crippen LogP contribution is 2.38. The molecule has 5 heteroatoms. The first-order chi connectivity index (χ1) is 9.63. The van der Waals surface area contributed by atoms with Gasteiger partial charge < -0.3 is 19.5 Å². The molecule has 0 atom stereocenters. The van der Waals surface area contributed by atoms with Crippen molar-refractivity contribution in [3.8, 4) is 17.2 Å². The summed E-state index contributed by atoms with van der Waals surface area (Å²) < 4.78 is 10.6. The molecule has 1 aromatic carbocycles. The molecule has 20 heavy (non-hydrogen) atoms. The fourth-order valence-electron chi connectivity index (χ4n) is 2.93. The zero-order chi connectivity index (χ0) is 14.1. The molecular formula is C15H22N2O3. The molecule has 3 rings (SSSR count). The molecule has 110 valence electrons. The largest absolute Gasteiger partial charge is 0.507 e. The van der Waals surface area contributed by atoms with Gasteiger partial charge in [-0.25, -0.2) is 0 Å². The lowest BCUT2D eigenvalue weighted by Gasteiger charge is -2.35. The zero-order valence-corrected chi connectivity index (χ0v) is 12.1. The molecule has 0 unspecified atom stereocenters. The van der Waals surface area contributed by atoms with Crippen molar-refractivity contribution in [3.63, 3.8) is 0 Å². The number of rotatable bonds is 3. The monoisotopic (exact) mass is 278 g/mol. The fraction of sp³-hybridized carbons (Fsp3) is 0.600. The molecule has 2 heterocycles. The van der Waals surface area contributed by atoms with E-state index in [2.05, 4.69) is 23.9 Å². The number of hydrogen-bond acceptors (Lipinski definition) is 5. The summed E-state index contributed by atoms with van der Waals surface area (Å²) in [5.74, 6) is 1.65. The Morgan fingerprint density at radius 3 is 2.60 bits per heavy atom. The van der Waals surface area contributed by atoms with E-state index in [4.69, 9.17) is 9.47 Å². The Balaban J connectivity index is 1.68. The van der Waals surface area contributed by atoms with Gasteiger partial charge in [0.15, 0.2) is 11.5 Å². The molecule has 2 aliphatic heterocycles. The van der Waals surface area contributed by atoms with E-state index in [9.17, 15) is 5.11 Å². The lowest BCUT2D eigenvalue weighted by Crippen LogP contribution is -2.41. The van der Waals surface area contributed by atoms with Gasteiger partial charge in [0.25, 0.3) is 0 Å². The number of likely N-dealkylation sites (tertiary alicyclic amines) is 1. The maximum atomic E-state index is 10.1. The van der Waals surface area contributed by atoms with Crippen molar-refractivity contribution in [2.24, 2.45) is 0 Å². The number of phenols is 1. The van der Waals surface area contributed by atoms with Crippen LogP contribution in [0.25, 0.3) is 0 Å². The molecule has 0 radical (unpaired) electrons. The van der Waals surface area contributed by atoms with Crippen LogP contribution in [0.5, 0.6) is 17.2 Å². The Morgan fingerprint density at radius 2 is 1.90 bits per heavy atom. The SMILES string of the molecule is CN1CCC(N(C)Cc2cc3c(cc2O)OCO3)CC1. The van der Waals surface area contributed by atoms with Gasteiger partial charge in [-0.15, -0.1) is 0 Å². The Morgan fingerprint density at radius 1 is 1.25 bits per heavy atom. The second-order valence-corrected chi connectivity index (χ2v) is 5.78. The van der Waals surface area contributed by atoms with E-state index in [1.165, 1.54) is 12.8 Å². The summed E-state index contributed by atoms with van der Waals surface area (Å²) in [4.78, 5) is 4.69. The Bertz CT molecular complexity index is 484. The average Bonchev–Trinajstić information content (AvgIpc) is 2.87. The van der Waals surface area contributed by atoms with Gasteiger partial charge >= 0.3 is 0 Å². The summed E-state index contributed by atoms with van der Waals surface area (Å²) in [6.07, 6.45) is 2.36. The predicted octanol–water partition coefficient (Wildman–Crippen LogP) is 1.65. The number of phenolic OH excluding ortho intramolecular Hbond substituents is 1. The molecule has 0 aromatic heterocycles. The number of aromatic hydroxyl groups is 1. The van der Waals surface area contributed by atoms with Crippen LogP contribution in [0.3, 0.4) is 0 Å². The fourth-order valence-corrected chi connectivity index (χ4v) is 2.93. The molecule has 0 aliphatic carbocycles. The maximum absolute atomic E-state index is 10.1. The number of fused-ring (bicyclic) bond motifs is 1. The number of piperidine rings is 1.